The Bertz CT molecular complexity index is 847. The van der Waals surface area contributed by atoms with Gasteiger partial charge in [-0.15, -0.1) is 0 Å². The Hall–Kier alpha value is -1.96. The van der Waals surface area contributed by atoms with Crippen LogP contribution in [0.3, 0.4) is 0 Å². The van der Waals surface area contributed by atoms with Crippen molar-refractivity contribution < 1.29 is 8.42 Å². The fraction of sp³-hybridized carbons (Fsp3) is 0.235. The van der Waals surface area contributed by atoms with Crippen LogP contribution in [0.4, 0.5) is 5.69 Å². The lowest BCUT2D eigenvalue weighted by Crippen LogP contribution is -2.30. The van der Waals surface area contributed by atoms with E-state index in [-0.39, 0.29) is 10.9 Å². The minimum Gasteiger partial charge on any atom is -0.356 e. The number of hydrogen-bond donors (Lipinski definition) is 3. The largest absolute Gasteiger partial charge is 0.356 e. The lowest BCUT2D eigenvalue weighted by Gasteiger charge is -2.18. The van der Waals surface area contributed by atoms with E-state index in [1.54, 1.807) is 12.1 Å². The van der Waals surface area contributed by atoms with Crippen LogP contribution >= 0.6 is 12.2 Å². The zero-order valence-electron chi connectivity index (χ0n) is 13.8. The minimum atomic E-state index is -3.69. The molecule has 2 rings (SSSR count). The maximum absolute atomic E-state index is 11.2. The van der Waals surface area contributed by atoms with Crippen molar-refractivity contribution in [1.29, 1.82) is 0 Å². The third-order valence-corrected chi connectivity index (χ3v) is 4.97. The number of anilines is 1. The van der Waals surface area contributed by atoms with Crippen LogP contribution in [0.25, 0.3) is 0 Å². The average Bonchev–Trinajstić information content (AvgIpc) is 2.49. The molecular weight excluding hydrogens is 342 g/mol. The van der Waals surface area contributed by atoms with Gasteiger partial charge in [0.1, 0.15) is 0 Å². The molecule has 0 saturated heterocycles. The van der Waals surface area contributed by atoms with Gasteiger partial charge in [0.15, 0.2) is 5.11 Å². The second-order valence-electron chi connectivity index (χ2n) is 5.73. The Labute approximate surface area is 148 Å². The fourth-order valence-electron chi connectivity index (χ4n) is 2.21. The second-order valence-corrected chi connectivity index (χ2v) is 7.70. The third-order valence-electron chi connectivity index (χ3n) is 3.82. The molecule has 4 N–H and O–H groups in total. The van der Waals surface area contributed by atoms with E-state index in [4.69, 9.17) is 17.4 Å². The molecule has 0 heterocycles. The molecule has 0 aliphatic carbocycles. The summed E-state index contributed by atoms with van der Waals surface area (Å²) in [5.41, 5.74) is 4.32. The first-order valence-electron chi connectivity index (χ1n) is 7.44. The number of nitrogens with one attached hydrogen (secondary N) is 2. The SMILES string of the molecule is Cc1ccc(C(C)NC(=S)Nc2ccc(S(N)(=O)=O)cc2)cc1C. The van der Waals surface area contributed by atoms with Crippen molar-refractivity contribution in [2.24, 2.45) is 5.14 Å². The zero-order valence-corrected chi connectivity index (χ0v) is 15.5. The Morgan fingerprint density at radius 2 is 1.71 bits per heavy atom. The minimum absolute atomic E-state index is 0.0491. The van der Waals surface area contributed by atoms with Crippen LogP contribution < -0.4 is 15.8 Å². The highest BCUT2D eigenvalue weighted by Crippen LogP contribution is 2.17. The first kappa shape index (κ1) is 18.4. The second kappa shape index (κ2) is 7.29. The van der Waals surface area contributed by atoms with Crippen molar-refractivity contribution >= 4 is 33.0 Å². The summed E-state index contributed by atoms with van der Waals surface area (Å²) in [6.45, 7) is 6.19. The Balaban J connectivity index is 2.01. The molecule has 0 radical (unpaired) electrons. The van der Waals surface area contributed by atoms with Gasteiger partial charge < -0.3 is 10.6 Å². The van der Waals surface area contributed by atoms with Gasteiger partial charge in [-0.25, -0.2) is 13.6 Å². The van der Waals surface area contributed by atoms with E-state index < -0.39 is 10.0 Å². The lowest BCUT2D eigenvalue weighted by molar-refractivity contribution is 0.598. The van der Waals surface area contributed by atoms with Crippen molar-refractivity contribution in [2.75, 3.05) is 5.32 Å². The van der Waals surface area contributed by atoms with Gasteiger partial charge >= 0.3 is 0 Å². The van der Waals surface area contributed by atoms with Crippen LogP contribution in [0.1, 0.15) is 29.7 Å². The smallest absolute Gasteiger partial charge is 0.238 e. The highest BCUT2D eigenvalue weighted by molar-refractivity contribution is 7.89. The first-order valence-corrected chi connectivity index (χ1v) is 9.40. The third kappa shape index (κ3) is 4.77. The molecule has 2 aromatic carbocycles. The Morgan fingerprint density at radius 1 is 1.08 bits per heavy atom. The molecule has 5 nitrogen and oxygen atoms in total. The van der Waals surface area contributed by atoms with Crippen molar-refractivity contribution in [3.63, 3.8) is 0 Å². The van der Waals surface area contributed by atoms with Crippen LogP contribution in [0.2, 0.25) is 0 Å². The number of hydrogen-bond acceptors (Lipinski definition) is 3. The van der Waals surface area contributed by atoms with E-state index in [0.29, 0.717) is 10.8 Å². The van der Waals surface area contributed by atoms with E-state index in [1.807, 2.05) is 6.92 Å². The maximum Gasteiger partial charge on any atom is 0.238 e. The molecule has 2 aromatic rings. The van der Waals surface area contributed by atoms with E-state index in [1.165, 1.54) is 23.3 Å². The van der Waals surface area contributed by atoms with Gasteiger partial charge in [0.2, 0.25) is 10.0 Å². The molecule has 0 aliphatic rings. The molecule has 1 atom stereocenters. The summed E-state index contributed by atoms with van der Waals surface area (Å²) in [4.78, 5) is 0.0652. The lowest BCUT2D eigenvalue weighted by atomic mass is 10.0. The monoisotopic (exact) mass is 363 g/mol. The van der Waals surface area contributed by atoms with Crippen LogP contribution in [0.15, 0.2) is 47.4 Å². The first-order chi connectivity index (χ1) is 11.2. The van der Waals surface area contributed by atoms with Crippen molar-refractivity contribution in [1.82, 2.24) is 5.32 Å². The highest BCUT2D eigenvalue weighted by atomic mass is 32.2. The Kier molecular flexibility index (Phi) is 5.58. The molecule has 1 unspecified atom stereocenters. The molecule has 0 amide bonds. The molecule has 24 heavy (non-hydrogen) atoms. The van der Waals surface area contributed by atoms with Gasteiger partial charge in [0, 0.05) is 5.69 Å². The van der Waals surface area contributed by atoms with Crippen molar-refractivity contribution in [2.45, 2.75) is 31.7 Å². The van der Waals surface area contributed by atoms with E-state index >= 15 is 0 Å². The van der Waals surface area contributed by atoms with Gasteiger partial charge in [0.05, 0.1) is 10.9 Å². The van der Waals surface area contributed by atoms with Crippen LogP contribution in [0.5, 0.6) is 0 Å². The summed E-state index contributed by atoms with van der Waals surface area (Å²) in [5, 5.41) is 11.8. The van der Waals surface area contributed by atoms with Crippen LogP contribution in [0, 0.1) is 13.8 Å². The van der Waals surface area contributed by atoms with E-state index in [2.05, 4.69) is 42.7 Å². The molecule has 128 valence electrons. The molecule has 0 saturated carbocycles. The van der Waals surface area contributed by atoms with Crippen LogP contribution in [-0.2, 0) is 10.0 Å². The molecule has 7 heteroatoms. The van der Waals surface area contributed by atoms with Gasteiger partial charge in [-0.2, -0.15) is 0 Å². The zero-order chi connectivity index (χ0) is 17.9. The van der Waals surface area contributed by atoms with Gasteiger partial charge in [-0.05, 0) is 73.9 Å². The molecule has 0 spiro atoms. The normalized spacial score (nSPS) is 12.5. The van der Waals surface area contributed by atoms with Gasteiger partial charge in [0.25, 0.3) is 0 Å². The fourth-order valence-corrected chi connectivity index (χ4v) is 3.02. The quantitative estimate of drug-likeness (QED) is 0.727. The molecule has 0 fully saturated rings. The molecule has 0 aromatic heterocycles. The van der Waals surface area contributed by atoms with E-state index in [0.717, 1.165) is 5.56 Å². The average molecular weight is 364 g/mol. The number of nitrogens with two attached hydrogens (primary N) is 1. The summed E-state index contributed by atoms with van der Waals surface area (Å²) in [7, 11) is -3.69. The number of rotatable bonds is 4. The maximum atomic E-state index is 11.2. The molecule has 0 bridgehead atoms. The predicted octanol–water partition coefficient (Wildman–Crippen LogP) is 3.00. The highest BCUT2D eigenvalue weighted by Gasteiger charge is 2.10. The number of aryl methyl sites for hydroxylation is 2. The number of sulfonamides is 1. The summed E-state index contributed by atoms with van der Waals surface area (Å²) >= 11 is 5.31. The number of primary sulfonamides is 1. The summed E-state index contributed by atoms with van der Waals surface area (Å²) in [6, 6.07) is 12.5. The summed E-state index contributed by atoms with van der Waals surface area (Å²) in [6.07, 6.45) is 0. The molecule has 0 aliphatic heterocycles. The van der Waals surface area contributed by atoms with Crippen molar-refractivity contribution in [3.8, 4) is 0 Å². The summed E-state index contributed by atoms with van der Waals surface area (Å²) < 4.78 is 22.5. The standard InChI is InChI=1S/C17H21N3O2S2/c1-11-4-5-14(10-12(11)2)13(3)19-17(23)20-15-6-8-16(9-7-15)24(18,21)22/h4-10,13H,1-3H3,(H2,18,21,22)(H2,19,20,23). The number of thiocarbonyl (C=S) groups is 1. The summed E-state index contributed by atoms with van der Waals surface area (Å²) in [5.74, 6) is 0. The van der Waals surface area contributed by atoms with Crippen molar-refractivity contribution in [3.05, 3.63) is 59.2 Å². The molecular formula is C17H21N3O2S2. The Morgan fingerprint density at radius 3 is 2.25 bits per heavy atom. The van der Waals surface area contributed by atoms with E-state index in [9.17, 15) is 8.42 Å². The number of benzene rings is 2. The van der Waals surface area contributed by atoms with Gasteiger partial charge in [-0.3, -0.25) is 0 Å². The van der Waals surface area contributed by atoms with Crippen LogP contribution in [-0.4, -0.2) is 13.5 Å². The topological polar surface area (TPSA) is 84.2 Å². The van der Waals surface area contributed by atoms with Gasteiger partial charge in [-0.1, -0.05) is 18.2 Å². The predicted molar refractivity (Wildman–Crippen MR) is 102 cm³/mol.